The molecular formula is C28H27F3N4O2. The number of pyridine rings is 1. The number of nitrogens with zero attached hydrogens (tertiary/aromatic N) is 2. The summed E-state index contributed by atoms with van der Waals surface area (Å²) in [5.74, 6) is 0.561. The number of nitrogens with one attached hydrogen (secondary N) is 2. The minimum Gasteiger partial charge on any atom is -0.496 e. The van der Waals surface area contributed by atoms with E-state index in [9.17, 15) is 18.0 Å². The van der Waals surface area contributed by atoms with Crippen LogP contribution in [0.15, 0.2) is 60.9 Å². The van der Waals surface area contributed by atoms with Gasteiger partial charge in [0, 0.05) is 41.0 Å². The van der Waals surface area contributed by atoms with Gasteiger partial charge in [0.15, 0.2) is 5.65 Å². The highest BCUT2D eigenvalue weighted by molar-refractivity contribution is 5.96. The van der Waals surface area contributed by atoms with Crippen molar-refractivity contribution in [1.82, 2.24) is 14.7 Å². The van der Waals surface area contributed by atoms with Gasteiger partial charge < -0.3 is 15.4 Å². The van der Waals surface area contributed by atoms with Crippen LogP contribution >= 0.6 is 0 Å². The Kier molecular flexibility index (Phi) is 6.54. The summed E-state index contributed by atoms with van der Waals surface area (Å²) in [6.07, 6.45) is 0.379. The Hall–Kier alpha value is -4.01. The zero-order valence-corrected chi connectivity index (χ0v) is 20.5. The molecule has 0 radical (unpaired) electrons. The predicted octanol–water partition coefficient (Wildman–Crippen LogP) is 6.24. The summed E-state index contributed by atoms with van der Waals surface area (Å²) in [7, 11) is 1.58. The zero-order valence-electron chi connectivity index (χ0n) is 20.5. The average Bonchev–Trinajstić information content (AvgIpc) is 3.57. The summed E-state index contributed by atoms with van der Waals surface area (Å²) in [4.78, 5) is 17.1. The normalized spacial score (nSPS) is 13.5. The van der Waals surface area contributed by atoms with Gasteiger partial charge in [-0.25, -0.2) is 4.98 Å². The largest absolute Gasteiger partial charge is 0.496 e. The number of aryl methyl sites for hydroxylation is 1. The molecule has 0 bridgehead atoms. The van der Waals surface area contributed by atoms with E-state index in [0.717, 1.165) is 40.8 Å². The van der Waals surface area contributed by atoms with Crippen molar-refractivity contribution >= 4 is 17.2 Å². The molecule has 192 valence electrons. The highest BCUT2D eigenvalue weighted by Gasteiger charge is 2.27. The number of ether oxygens (including phenoxy) is 1. The number of amides is 1. The third-order valence-electron chi connectivity index (χ3n) is 6.43. The van der Waals surface area contributed by atoms with Gasteiger partial charge in [-0.05, 0) is 49.6 Å². The summed E-state index contributed by atoms with van der Waals surface area (Å²) < 4.78 is 45.9. The van der Waals surface area contributed by atoms with Gasteiger partial charge in [0.2, 0.25) is 0 Å². The molecular weight excluding hydrogens is 481 g/mol. The first kappa shape index (κ1) is 24.7. The number of carbonyl (C=O) groups is 1. The van der Waals surface area contributed by atoms with Crippen molar-refractivity contribution in [2.75, 3.05) is 19.0 Å². The molecule has 0 spiro atoms. The molecule has 0 aliphatic heterocycles. The number of halogens is 3. The number of para-hydroxylation sites is 1. The number of hydrogen-bond acceptors (Lipinski definition) is 4. The maximum atomic E-state index is 12.8. The van der Waals surface area contributed by atoms with Crippen LogP contribution in [-0.2, 0) is 0 Å². The number of hydrogen-bond donors (Lipinski definition) is 2. The number of aromatic nitrogens is 2. The molecule has 2 aromatic carbocycles. The Morgan fingerprint density at radius 1 is 1.14 bits per heavy atom. The second-order valence-corrected chi connectivity index (χ2v) is 9.25. The predicted molar refractivity (Wildman–Crippen MR) is 137 cm³/mol. The van der Waals surface area contributed by atoms with Gasteiger partial charge in [0.1, 0.15) is 5.75 Å². The number of alkyl halides is 3. The van der Waals surface area contributed by atoms with E-state index >= 15 is 0 Å². The van der Waals surface area contributed by atoms with E-state index in [0.29, 0.717) is 22.6 Å². The van der Waals surface area contributed by atoms with Crippen molar-refractivity contribution in [3.05, 3.63) is 72.1 Å². The van der Waals surface area contributed by atoms with Crippen LogP contribution in [0, 0.1) is 6.92 Å². The molecule has 1 fully saturated rings. The highest BCUT2D eigenvalue weighted by Crippen LogP contribution is 2.35. The molecule has 0 atom stereocenters. The van der Waals surface area contributed by atoms with Gasteiger partial charge in [-0.2, -0.15) is 13.2 Å². The molecule has 0 saturated heterocycles. The van der Waals surface area contributed by atoms with Crippen molar-refractivity contribution in [2.24, 2.45) is 0 Å². The number of carbonyl (C=O) groups excluding carboxylic acids is 1. The first-order chi connectivity index (χ1) is 17.7. The van der Waals surface area contributed by atoms with E-state index in [1.807, 2.05) is 53.9 Å². The zero-order chi connectivity index (χ0) is 26.2. The minimum absolute atomic E-state index is 0.0840. The fraction of sp³-hybridized carbons (Fsp3) is 0.286. The van der Waals surface area contributed by atoms with Gasteiger partial charge >= 0.3 is 6.18 Å². The van der Waals surface area contributed by atoms with Crippen molar-refractivity contribution in [2.45, 2.75) is 38.4 Å². The molecule has 1 aliphatic rings. The standard InChI is InChI=1S/C28H27F3N4O2/c1-17-13-18(7-10-21(17)27(36)34-20-8-9-20)24-15-33-26-23(32-12-11-28(29,30)31)14-19(16-35(24)26)22-5-3-4-6-25(22)37-2/h3-7,10,13-16,20,32H,8-9,11-12H2,1-2H3,(H,34,36). The van der Waals surface area contributed by atoms with E-state index in [4.69, 9.17) is 4.74 Å². The Morgan fingerprint density at radius 3 is 2.62 bits per heavy atom. The quantitative estimate of drug-likeness (QED) is 0.296. The number of methoxy groups -OCH3 is 1. The Morgan fingerprint density at radius 2 is 1.92 bits per heavy atom. The Balaban J connectivity index is 1.57. The third kappa shape index (κ3) is 5.40. The fourth-order valence-electron chi connectivity index (χ4n) is 4.37. The maximum absolute atomic E-state index is 12.8. The van der Waals surface area contributed by atoms with E-state index in [1.54, 1.807) is 25.4 Å². The Bertz CT molecular complexity index is 1460. The summed E-state index contributed by atoms with van der Waals surface area (Å²) in [5, 5.41) is 5.93. The summed E-state index contributed by atoms with van der Waals surface area (Å²) in [6, 6.07) is 15.1. The van der Waals surface area contributed by atoms with E-state index in [2.05, 4.69) is 15.6 Å². The van der Waals surface area contributed by atoms with Crippen molar-refractivity contribution in [3.8, 4) is 28.1 Å². The lowest BCUT2D eigenvalue weighted by Crippen LogP contribution is -2.26. The molecule has 2 N–H and O–H groups in total. The second kappa shape index (κ2) is 9.80. The summed E-state index contributed by atoms with van der Waals surface area (Å²) in [6.45, 7) is 1.61. The molecule has 2 heterocycles. The van der Waals surface area contributed by atoms with Crippen LogP contribution < -0.4 is 15.4 Å². The highest BCUT2D eigenvalue weighted by atomic mass is 19.4. The Labute approximate surface area is 212 Å². The van der Waals surface area contributed by atoms with Crippen molar-refractivity contribution < 1.29 is 22.7 Å². The molecule has 0 unspecified atom stereocenters. The lowest BCUT2D eigenvalue weighted by atomic mass is 10.0. The number of benzene rings is 2. The summed E-state index contributed by atoms with van der Waals surface area (Å²) in [5.41, 5.74) is 5.59. The van der Waals surface area contributed by atoms with Crippen molar-refractivity contribution in [1.29, 1.82) is 0 Å². The molecule has 37 heavy (non-hydrogen) atoms. The van der Waals surface area contributed by atoms with Crippen LogP contribution in [0.2, 0.25) is 0 Å². The lowest BCUT2D eigenvalue weighted by Gasteiger charge is -2.15. The molecule has 2 aromatic heterocycles. The van der Waals surface area contributed by atoms with Gasteiger partial charge in [-0.1, -0.05) is 24.3 Å². The van der Waals surface area contributed by atoms with E-state index < -0.39 is 12.6 Å². The van der Waals surface area contributed by atoms with Gasteiger partial charge in [0.05, 0.1) is 31.1 Å². The fourth-order valence-corrected chi connectivity index (χ4v) is 4.37. The molecule has 1 aliphatic carbocycles. The van der Waals surface area contributed by atoms with Crippen LogP contribution in [-0.4, -0.2) is 41.2 Å². The first-order valence-electron chi connectivity index (χ1n) is 12.1. The van der Waals surface area contributed by atoms with E-state index in [1.165, 1.54) is 0 Å². The molecule has 4 aromatic rings. The molecule has 9 heteroatoms. The maximum Gasteiger partial charge on any atom is 0.390 e. The van der Waals surface area contributed by atoms with Crippen LogP contribution in [0.4, 0.5) is 18.9 Å². The van der Waals surface area contributed by atoms with Gasteiger partial charge in [-0.15, -0.1) is 0 Å². The smallest absolute Gasteiger partial charge is 0.390 e. The third-order valence-corrected chi connectivity index (χ3v) is 6.43. The lowest BCUT2D eigenvalue weighted by molar-refractivity contribution is -0.131. The number of imidazole rings is 1. The van der Waals surface area contributed by atoms with Crippen LogP contribution in [0.5, 0.6) is 5.75 Å². The number of rotatable bonds is 8. The van der Waals surface area contributed by atoms with Crippen LogP contribution in [0.25, 0.3) is 28.0 Å². The summed E-state index contributed by atoms with van der Waals surface area (Å²) >= 11 is 0. The van der Waals surface area contributed by atoms with Gasteiger partial charge in [0.25, 0.3) is 5.91 Å². The minimum atomic E-state index is -4.27. The average molecular weight is 509 g/mol. The van der Waals surface area contributed by atoms with Crippen LogP contribution in [0.1, 0.15) is 35.2 Å². The molecule has 6 nitrogen and oxygen atoms in total. The second-order valence-electron chi connectivity index (χ2n) is 9.25. The van der Waals surface area contributed by atoms with Gasteiger partial charge in [-0.3, -0.25) is 9.20 Å². The van der Waals surface area contributed by atoms with Crippen LogP contribution in [0.3, 0.4) is 0 Å². The number of fused-ring (bicyclic) bond motifs is 1. The first-order valence-corrected chi connectivity index (χ1v) is 12.1. The molecule has 1 saturated carbocycles. The number of anilines is 1. The monoisotopic (exact) mass is 508 g/mol. The molecule has 5 rings (SSSR count). The van der Waals surface area contributed by atoms with Crippen molar-refractivity contribution in [3.63, 3.8) is 0 Å². The SMILES string of the molecule is COc1ccccc1-c1cc(NCCC(F)(F)F)c2ncc(-c3ccc(C(=O)NC4CC4)c(C)c3)n2c1. The van der Waals surface area contributed by atoms with E-state index in [-0.39, 0.29) is 18.5 Å². The topological polar surface area (TPSA) is 67.7 Å². The molecule has 1 amide bonds.